The summed E-state index contributed by atoms with van der Waals surface area (Å²) >= 11 is 3.56. The third-order valence-corrected chi connectivity index (χ3v) is 9.01. The highest BCUT2D eigenvalue weighted by atomic mass is 79.9. The highest BCUT2D eigenvalue weighted by Gasteiger charge is 2.36. The fraction of sp³-hybridized carbons (Fsp3) is 0.250. The molecular weight excluding hydrogens is 602 g/mol. The van der Waals surface area contributed by atoms with Crippen LogP contribution in [0.2, 0.25) is 0 Å². The van der Waals surface area contributed by atoms with Gasteiger partial charge in [0.1, 0.15) is 0 Å². The van der Waals surface area contributed by atoms with E-state index in [1.165, 1.54) is 11.1 Å². The molecule has 0 aromatic heterocycles. The van der Waals surface area contributed by atoms with Crippen molar-refractivity contribution in [2.45, 2.75) is 50.2 Å². The second-order valence-electron chi connectivity index (χ2n) is 11.3. The summed E-state index contributed by atoms with van der Waals surface area (Å²) in [5.74, 6) is -1.27. The first-order valence-corrected chi connectivity index (χ1v) is 15.6. The maximum atomic E-state index is 13.7. The fourth-order valence-corrected chi connectivity index (χ4v) is 6.81. The summed E-state index contributed by atoms with van der Waals surface area (Å²) in [5, 5.41) is 13.7. The summed E-state index contributed by atoms with van der Waals surface area (Å²) < 4.78 is 0.927. The number of anilines is 1. The summed E-state index contributed by atoms with van der Waals surface area (Å²) in [6.07, 6.45) is 3.28. The number of hydrogen-bond acceptors (Lipinski definition) is 4. The first-order chi connectivity index (χ1) is 21.0. The molecule has 0 saturated carbocycles. The molecule has 1 fully saturated rings. The Morgan fingerprint density at radius 2 is 1.65 bits per heavy atom. The van der Waals surface area contributed by atoms with Gasteiger partial charge >= 0.3 is 5.97 Å². The van der Waals surface area contributed by atoms with Crippen LogP contribution in [0.1, 0.15) is 53.0 Å². The lowest BCUT2D eigenvalue weighted by molar-refractivity contribution is -0.139. The molecule has 4 aromatic rings. The number of carboxylic acid groups (broad SMARTS) is 1. The van der Waals surface area contributed by atoms with Crippen LogP contribution in [-0.2, 0) is 22.6 Å². The van der Waals surface area contributed by atoms with Gasteiger partial charge in [0.2, 0.25) is 5.91 Å². The van der Waals surface area contributed by atoms with Gasteiger partial charge in [0, 0.05) is 28.1 Å². The lowest BCUT2D eigenvalue weighted by Gasteiger charge is -2.25. The number of rotatable bonds is 9. The molecule has 0 radical (unpaired) electrons. The van der Waals surface area contributed by atoms with E-state index in [9.17, 15) is 14.7 Å². The van der Waals surface area contributed by atoms with Crippen LogP contribution in [0.5, 0.6) is 0 Å². The largest absolute Gasteiger partial charge is 0.480 e. The number of carboxylic acids is 1. The van der Waals surface area contributed by atoms with Crippen LogP contribution in [0.4, 0.5) is 5.69 Å². The molecule has 1 aliphatic carbocycles. The lowest BCUT2D eigenvalue weighted by atomic mass is 9.92. The third-order valence-electron chi connectivity index (χ3n) is 8.52. The van der Waals surface area contributed by atoms with Gasteiger partial charge in [-0.05, 0) is 67.1 Å². The molecule has 1 aliphatic heterocycles. The summed E-state index contributed by atoms with van der Waals surface area (Å²) in [7, 11) is 0. The van der Waals surface area contributed by atoms with E-state index in [1.807, 2.05) is 84.9 Å². The number of hydrogen-bond donors (Lipinski definition) is 2. The van der Waals surface area contributed by atoms with Crippen molar-refractivity contribution >= 4 is 39.2 Å². The van der Waals surface area contributed by atoms with Gasteiger partial charge in [-0.2, -0.15) is 0 Å². The molecule has 43 heavy (non-hydrogen) atoms. The molecule has 1 saturated heterocycles. The van der Waals surface area contributed by atoms with Gasteiger partial charge in [-0.25, -0.2) is 4.79 Å². The molecule has 6 rings (SSSR count). The number of halogens is 1. The van der Waals surface area contributed by atoms with Gasteiger partial charge in [0.05, 0.1) is 17.4 Å². The Hall–Kier alpha value is -4.07. The number of aliphatic carboxylic acids is 1. The number of carbonyl (C=O) groups excluding carboxylic acids is 1. The molecule has 0 unspecified atom stereocenters. The number of aliphatic imine (C=N–C) groups is 1. The van der Waals surface area contributed by atoms with Gasteiger partial charge < -0.3 is 10.4 Å². The second kappa shape index (κ2) is 13.1. The van der Waals surface area contributed by atoms with Gasteiger partial charge in [0.25, 0.3) is 0 Å². The van der Waals surface area contributed by atoms with Crippen molar-refractivity contribution in [3.05, 3.63) is 135 Å². The molecule has 0 bridgehead atoms. The molecule has 1 amide bonds. The maximum absolute atomic E-state index is 13.7. The van der Waals surface area contributed by atoms with Gasteiger partial charge in [-0.1, -0.05) is 101 Å². The minimum absolute atomic E-state index is 0.0577. The summed E-state index contributed by atoms with van der Waals surface area (Å²) in [5.41, 5.74) is 6.06. The Balaban J connectivity index is 1.34. The second-order valence-corrected chi connectivity index (χ2v) is 12.2. The highest BCUT2D eigenvalue weighted by Crippen LogP contribution is 2.39. The van der Waals surface area contributed by atoms with Gasteiger partial charge in [0.15, 0.2) is 6.04 Å². The number of nitrogens with one attached hydrogen (secondary N) is 1. The number of benzene rings is 4. The van der Waals surface area contributed by atoms with Crippen molar-refractivity contribution in [1.29, 1.82) is 0 Å². The smallest absolute Gasteiger partial charge is 0.329 e. The van der Waals surface area contributed by atoms with Crippen LogP contribution in [0.25, 0.3) is 0 Å². The normalized spacial score (nSPS) is 19.1. The van der Waals surface area contributed by atoms with E-state index in [-0.39, 0.29) is 17.9 Å². The number of fused-ring (bicyclic) bond motifs is 1. The van der Waals surface area contributed by atoms with E-state index < -0.39 is 12.0 Å². The number of aryl methyl sites for hydroxylation is 1. The van der Waals surface area contributed by atoms with Gasteiger partial charge in [-0.15, -0.1) is 0 Å². The van der Waals surface area contributed by atoms with Crippen LogP contribution in [0.3, 0.4) is 0 Å². The van der Waals surface area contributed by atoms with Crippen molar-refractivity contribution in [3.8, 4) is 0 Å². The van der Waals surface area contributed by atoms with Gasteiger partial charge in [-0.3, -0.25) is 14.7 Å². The van der Waals surface area contributed by atoms with Crippen molar-refractivity contribution in [2.24, 2.45) is 4.99 Å². The minimum atomic E-state index is -0.981. The van der Waals surface area contributed by atoms with Crippen LogP contribution < -0.4 is 5.32 Å². The van der Waals surface area contributed by atoms with E-state index in [0.29, 0.717) is 23.4 Å². The Kier molecular flexibility index (Phi) is 8.82. The Labute approximate surface area is 260 Å². The lowest BCUT2D eigenvalue weighted by Crippen LogP contribution is -2.39. The number of nitrogens with zero attached hydrogens (tertiary/aromatic N) is 2. The molecular formula is C36H34BrN3O3. The molecule has 2 aliphatic rings. The van der Waals surface area contributed by atoms with E-state index in [1.54, 1.807) is 0 Å². The average Bonchev–Trinajstić information content (AvgIpc) is 3.66. The number of likely N-dealkylation sites (tertiary alicyclic amines) is 1. The van der Waals surface area contributed by atoms with E-state index in [4.69, 9.17) is 4.99 Å². The predicted octanol–water partition coefficient (Wildman–Crippen LogP) is 7.07. The molecule has 7 heteroatoms. The predicted molar refractivity (Wildman–Crippen MR) is 174 cm³/mol. The third kappa shape index (κ3) is 6.48. The Morgan fingerprint density at radius 3 is 2.42 bits per heavy atom. The summed E-state index contributed by atoms with van der Waals surface area (Å²) in [6.45, 7) is 1.58. The monoisotopic (exact) mass is 635 g/mol. The standard InChI is InChI=1S/C36H34BrN3O3/c37-27-19-17-25-18-20-28(30(25)22-27)34(36(42)43)39-33(26-12-5-2-6-13-26)29-14-7-8-15-31(29)38-35(41)32-16-9-21-40(32)23-24-10-3-1-4-11-24/h1-8,10-15,17,19,22,28,32,34H,9,16,18,20-21,23H2,(H,38,41)(H,42,43)/t28-,32+,34+/m1/s1. The quantitative estimate of drug-likeness (QED) is 0.193. The van der Waals surface area contributed by atoms with Crippen LogP contribution in [0, 0.1) is 0 Å². The van der Waals surface area contributed by atoms with Crippen molar-refractivity contribution in [1.82, 2.24) is 4.90 Å². The van der Waals surface area contributed by atoms with Crippen molar-refractivity contribution < 1.29 is 14.7 Å². The van der Waals surface area contributed by atoms with Crippen molar-refractivity contribution in [3.63, 3.8) is 0 Å². The summed E-state index contributed by atoms with van der Waals surface area (Å²) in [4.78, 5) is 33.8. The molecule has 4 aromatic carbocycles. The molecule has 218 valence electrons. The minimum Gasteiger partial charge on any atom is -0.480 e. The Bertz CT molecular complexity index is 1640. The topological polar surface area (TPSA) is 82.0 Å². The molecule has 3 atom stereocenters. The molecule has 6 nitrogen and oxygen atoms in total. The van der Waals surface area contributed by atoms with Crippen molar-refractivity contribution in [2.75, 3.05) is 11.9 Å². The van der Waals surface area contributed by atoms with Crippen LogP contribution in [0.15, 0.2) is 113 Å². The molecule has 1 heterocycles. The molecule has 0 spiro atoms. The Morgan fingerprint density at radius 1 is 0.930 bits per heavy atom. The highest BCUT2D eigenvalue weighted by molar-refractivity contribution is 9.10. The van der Waals surface area contributed by atoms with E-state index in [2.05, 4.69) is 44.3 Å². The first kappa shape index (κ1) is 29.0. The first-order valence-electron chi connectivity index (χ1n) is 14.8. The number of para-hydroxylation sites is 1. The van der Waals surface area contributed by atoms with E-state index in [0.717, 1.165) is 48.0 Å². The zero-order chi connectivity index (χ0) is 29.8. The van der Waals surface area contributed by atoms with Crippen LogP contribution in [-0.4, -0.2) is 46.2 Å². The van der Waals surface area contributed by atoms with E-state index >= 15 is 0 Å². The zero-order valence-electron chi connectivity index (χ0n) is 23.8. The number of amides is 1. The average molecular weight is 637 g/mol. The maximum Gasteiger partial charge on any atom is 0.329 e. The SMILES string of the molecule is O=C(O)[C@@H](N=C(c1ccccc1)c1ccccc1NC(=O)[C@@H]1CCCN1Cc1ccccc1)[C@@H]1CCc2ccc(Br)cc21. The molecule has 2 N–H and O–H groups in total. The summed E-state index contributed by atoms with van der Waals surface area (Å²) in [6, 6.07) is 32.3. The van der Waals surface area contributed by atoms with Crippen LogP contribution >= 0.6 is 15.9 Å². The zero-order valence-corrected chi connectivity index (χ0v) is 25.4. The fourth-order valence-electron chi connectivity index (χ4n) is 6.43. The number of carbonyl (C=O) groups is 2.